The Balaban J connectivity index is 3.32. The van der Waals surface area contributed by atoms with Gasteiger partial charge in [-0.25, -0.2) is 16.8 Å². The predicted molar refractivity (Wildman–Crippen MR) is 45.1 cm³/mol. The van der Waals surface area contributed by atoms with Gasteiger partial charge in [0.2, 0.25) is 20.2 Å². The Kier molecular flexibility index (Phi) is 2.23. The van der Waals surface area contributed by atoms with Gasteiger partial charge in [-0.15, -0.1) is 0 Å². The van der Waals surface area contributed by atoms with Crippen molar-refractivity contribution in [1.29, 1.82) is 0 Å². The van der Waals surface area contributed by atoms with Crippen LogP contribution in [0, 0.1) is 0 Å². The zero-order valence-corrected chi connectivity index (χ0v) is 7.98. The van der Waals surface area contributed by atoms with Crippen molar-refractivity contribution in [2.75, 3.05) is 0 Å². The van der Waals surface area contributed by atoms with E-state index in [1.807, 2.05) is 0 Å². The van der Waals surface area contributed by atoms with Crippen molar-refractivity contribution in [2.24, 2.45) is 0 Å². The van der Waals surface area contributed by atoms with Crippen molar-refractivity contribution < 1.29 is 25.9 Å². The third kappa shape index (κ3) is 1.63. The van der Waals surface area contributed by atoms with Crippen LogP contribution in [0.4, 0.5) is 0 Å². The van der Waals surface area contributed by atoms with E-state index < -0.39 is 30.3 Å². The minimum Gasteiger partial charge on any atom is -0.291 e. The van der Waals surface area contributed by atoms with Crippen LogP contribution in [-0.4, -0.2) is 27.6 Å². The van der Waals surface area contributed by atoms with Gasteiger partial charge in [0.15, 0.2) is 10.1 Å². The Labute approximate surface area is 70.6 Å². The maximum atomic E-state index is 10.9. The summed E-state index contributed by atoms with van der Waals surface area (Å²) in [5.74, 6) is 0. The molecule has 0 spiro atoms. The van der Waals surface area contributed by atoms with Gasteiger partial charge in [0.1, 0.15) is 0 Å². The normalized spacial score (nSPS) is 43.3. The molecule has 0 aliphatic carbocycles. The van der Waals surface area contributed by atoms with Crippen molar-refractivity contribution in [3.8, 4) is 0 Å². The molecule has 0 amide bonds. The molecule has 72 valence electrons. The summed E-state index contributed by atoms with van der Waals surface area (Å²) in [6.45, 7) is 2.20. The second-order valence-electron chi connectivity index (χ2n) is 2.10. The molecule has 1 rings (SSSR count). The largest absolute Gasteiger partial charge is 0.291 e. The topological polar surface area (TPSA) is 93.1 Å². The first kappa shape index (κ1) is 9.96. The number of rotatable bonds is 0. The summed E-state index contributed by atoms with van der Waals surface area (Å²) in [5.41, 5.74) is 0. The van der Waals surface area contributed by atoms with Gasteiger partial charge in [-0.1, -0.05) is 0 Å². The maximum Gasteiger partial charge on any atom is 0.234 e. The Morgan fingerprint density at radius 2 is 1.25 bits per heavy atom. The summed E-state index contributed by atoms with van der Waals surface area (Å²) in [4.78, 5) is 0. The van der Waals surface area contributed by atoms with Crippen LogP contribution in [0.25, 0.3) is 0 Å². The van der Waals surface area contributed by atoms with Crippen LogP contribution < -0.4 is 0 Å². The van der Waals surface area contributed by atoms with E-state index in [0.29, 0.717) is 0 Å². The molecule has 2 N–H and O–H groups in total. The van der Waals surface area contributed by atoms with Gasteiger partial charge in [-0.3, -0.25) is 9.11 Å². The Morgan fingerprint density at radius 3 is 1.50 bits per heavy atom. The van der Waals surface area contributed by atoms with E-state index in [0.717, 1.165) is 13.8 Å². The summed E-state index contributed by atoms with van der Waals surface area (Å²) >= 11 is 0. The third-order valence-electron chi connectivity index (χ3n) is 1.19. The molecule has 0 aromatic carbocycles. The lowest BCUT2D eigenvalue weighted by atomic mass is 10.9. The lowest BCUT2D eigenvalue weighted by molar-refractivity contribution is 0.404. The van der Waals surface area contributed by atoms with E-state index >= 15 is 0 Å². The molecule has 0 aromatic rings. The van der Waals surface area contributed by atoms with E-state index in [-0.39, 0.29) is 0 Å². The third-order valence-corrected chi connectivity index (χ3v) is 3.97. The molecular formula is C4H8O6S2. The van der Waals surface area contributed by atoms with Gasteiger partial charge in [0, 0.05) is 0 Å². The van der Waals surface area contributed by atoms with Crippen LogP contribution in [-0.2, 0) is 28.5 Å². The summed E-state index contributed by atoms with van der Waals surface area (Å²) in [7, 11) is -7.43. The smallest absolute Gasteiger partial charge is 0.234 e. The van der Waals surface area contributed by atoms with Crippen molar-refractivity contribution in [3.05, 3.63) is 0 Å². The molecule has 0 aromatic heterocycles. The molecule has 0 fully saturated rings. The Morgan fingerprint density at radius 1 is 1.00 bits per heavy atom. The van der Waals surface area contributed by atoms with Gasteiger partial charge in [-0.2, -0.15) is 0 Å². The number of hydrogen-bond acceptors (Lipinski definition) is 4. The highest BCUT2D eigenvalue weighted by Gasteiger charge is 2.25. The van der Waals surface area contributed by atoms with E-state index in [2.05, 4.69) is 8.37 Å². The van der Waals surface area contributed by atoms with E-state index in [1.165, 1.54) is 0 Å². The summed E-state index contributed by atoms with van der Waals surface area (Å²) < 4.78 is 48.4. The highest BCUT2D eigenvalue weighted by Crippen LogP contribution is 2.09. The molecule has 8 heteroatoms. The van der Waals surface area contributed by atoms with Gasteiger partial charge >= 0.3 is 0 Å². The van der Waals surface area contributed by atoms with Crippen LogP contribution in [0.1, 0.15) is 13.8 Å². The first-order chi connectivity index (χ1) is 5.26. The van der Waals surface area contributed by atoms with E-state index in [9.17, 15) is 8.42 Å². The van der Waals surface area contributed by atoms with Crippen LogP contribution in [0.15, 0.2) is 0 Å². The summed E-state index contributed by atoms with van der Waals surface area (Å²) in [6, 6.07) is 0. The van der Waals surface area contributed by atoms with Gasteiger partial charge < -0.3 is 0 Å². The number of hydrogen-bond donors (Lipinski definition) is 2. The first-order valence-corrected chi connectivity index (χ1v) is 5.73. The van der Waals surface area contributed by atoms with Gasteiger partial charge in [0.05, 0.1) is 0 Å². The first-order valence-electron chi connectivity index (χ1n) is 2.85. The zero-order valence-electron chi connectivity index (χ0n) is 6.34. The standard InChI is InChI=1S/C4H8O6S2/c1-3-9-12(7,8)4(2)10-11(3,5)6/h1-2H3,(H,5,6)(H,7,8). The molecule has 1 aliphatic heterocycles. The fourth-order valence-corrected chi connectivity index (χ4v) is 2.63. The summed E-state index contributed by atoms with van der Waals surface area (Å²) in [6.07, 6.45) is 0. The average Bonchev–Trinajstić information content (AvgIpc) is 1.82. The summed E-state index contributed by atoms with van der Waals surface area (Å²) in [5, 5.41) is -0.999. The van der Waals surface area contributed by atoms with Crippen molar-refractivity contribution in [1.82, 2.24) is 0 Å². The van der Waals surface area contributed by atoms with Crippen molar-refractivity contribution in [3.63, 3.8) is 0 Å². The fourth-order valence-electron chi connectivity index (χ4n) is 0.521. The molecule has 1 aliphatic rings. The monoisotopic (exact) mass is 216 g/mol. The molecule has 2 atom stereocenters. The minimum absolute atomic E-state index is 0.499. The highest BCUT2D eigenvalue weighted by atomic mass is 32.3. The fraction of sp³-hybridized carbons (Fsp3) is 0.500. The molecule has 6 nitrogen and oxygen atoms in total. The van der Waals surface area contributed by atoms with E-state index in [1.54, 1.807) is 0 Å². The zero-order chi connectivity index (χ0) is 9.57. The Bertz CT molecular complexity index is 388. The van der Waals surface area contributed by atoms with E-state index in [4.69, 9.17) is 9.11 Å². The predicted octanol–water partition coefficient (Wildman–Crippen LogP) is -0.322. The molecule has 0 radical (unpaired) electrons. The van der Waals surface area contributed by atoms with Crippen LogP contribution in [0.3, 0.4) is 0 Å². The molecule has 0 saturated carbocycles. The second kappa shape index (κ2) is 2.69. The van der Waals surface area contributed by atoms with Gasteiger partial charge in [-0.05, 0) is 13.8 Å². The lowest BCUT2D eigenvalue weighted by Crippen LogP contribution is -2.31. The minimum atomic E-state index is -3.71. The SMILES string of the molecule is CC1=S(=O)(O)OC(C)=S(=O)(O)O1. The van der Waals surface area contributed by atoms with Crippen molar-refractivity contribution >= 4 is 30.3 Å². The molecule has 2 unspecified atom stereocenters. The average molecular weight is 216 g/mol. The quantitative estimate of drug-likeness (QED) is 0.539. The maximum absolute atomic E-state index is 10.9. The van der Waals surface area contributed by atoms with Gasteiger partial charge in [0.25, 0.3) is 0 Å². The van der Waals surface area contributed by atoms with Crippen molar-refractivity contribution in [2.45, 2.75) is 13.8 Å². The highest BCUT2D eigenvalue weighted by molar-refractivity contribution is 7.99. The molecular weight excluding hydrogens is 208 g/mol. The lowest BCUT2D eigenvalue weighted by Gasteiger charge is -2.17. The molecule has 1 heterocycles. The molecule has 12 heavy (non-hydrogen) atoms. The second-order valence-corrected chi connectivity index (χ2v) is 5.48. The van der Waals surface area contributed by atoms with Crippen LogP contribution in [0.5, 0.6) is 0 Å². The van der Waals surface area contributed by atoms with Crippen LogP contribution in [0.2, 0.25) is 0 Å². The molecule has 0 bridgehead atoms. The Hall–Kier alpha value is -0.120. The van der Waals surface area contributed by atoms with Crippen LogP contribution >= 0.6 is 0 Å². The molecule has 0 saturated heterocycles.